The molecule has 0 saturated carbocycles. The fourth-order valence-electron chi connectivity index (χ4n) is 4.04. The Labute approximate surface area is 253 Å². The maximum absolute atomic E-state index is 13.0. The van der Waals surface area contributed by atoms with Gasteiger partial charge in [0.2, 0.25) is 23.5 Å². The molecule has 0 aliphatic rings. The molecule has 0 saturated heterocycles. The molecule has 14 heteroatoms. The van der Waals surface area contributed by atoms with E-state index in [4.69, 9.17) is 11.6 Å². The first kappa shape index (κ1) is 32.9. The molecule has 3 amide bonds. The lowest BCUT2D eigenvalue weighted by molar-refractivity contribution is -0.140. The number of aliphatic carboxylic acids is 1. The summed E-state index contributed by atoms with van der Waals surface area (Å²) in [7, 11) is 0. The molecule has 3 atom stereocenters. The van der Waals surface area contributed by atoms with Crippen LogP contribution in [0.15, 0.2) is 54.6 Å². The van der Waals surface area contributed by atoms with Crippen molar-refractivity contribution >= 4 is 41.1 Å². The molecule has 3 aromatic rings. The molecule has 0 bridgehead atoms. The summed E-state index contributed by atoms with van der Waals surface area (Å²) in [5, 5.41) is 29.4. The lowest BCUT2D eigenvalue weighted by atomic mass is 10.0. The molecule has 13 nitrogen and oxygen atoms in total. The minimum Gasteiger partial charge on any atom is -0.481 e. The normalized spacial score (nSPS) is 13.0. The van der Waals surface area contributed by atoms with E-state index in [0.29, 0.717) is 17.0 Å². The topological polar surface area (TPSA) is 185 Å². The van der Waals surface area contributed by atoms with Crippen LogP contribution in [0.25, 0.3) is 11.4 Å². The second kappa shape index (κ2) is 15.5. The van der Waals surface area contributed by atoms with E-state index in [2.05, 4.69) is 31.4 Å². The summed E-state index contributed by atoms with van der Waals surface area (Å²) < 4.78 is 0. The fraction of sp³-hybridized carbons (Fsp3) is 0.379. The third kappa shape index (κ3) is 10.3. The highest BCUT2D eigenvalue weighted by atomic mass is 35.5. The predicted molar refractivity (Wildman–Crippen MR) is 157 cm³/mol. The molecule has 43 heavy (non-hydrogen) atoms. The first-order valence-electron chi connectivity index (χ1n) is 13.6. The fourth-order valence-corrected chi connectivity index (χ4v) is 4.17. The number of hydrogen-bond donors (Lipinski definition) is 4. The summed E-state index contributed by atoms with van der Waals surface area (Å²) in [6.45, 7) is 4.45. The van der Waals surface area contributed by atoms with Crippen LogP contribution in [-0.4, -0.2) is 72.9 Å². The van der Waals surface area contributed by atoms with Crippen LogP contribution in [0.3, 0.4) is 0 Å². The quantitative estimate of drug-likeness (QED) is 0.199. The molecule has 2 aromatic carbocycles. The average Bonchev–Trinajstić information content (AvgIpc) is 3.43. The Balaban J connectivity index is 1.57. The van der Waals surface area contributed by atoms with Crippen molar-refractivity contribution in [2.75, 3.05) is 0 Å². The van der Waals surface area contributed by atoms with Gasteiger partial charge in [-0.25, -0.2) is 0 Å². The predicted octanol–water partition coefficient (Wildman–Crippen LogP) is 1.80. The van der Waals surface area contributed by atoms with E-state index in [-0.39, 0.29) is 24.1 Å². The minimum absolute atomic E-state index is 0.178. The van der Waals surface area contributed by atoms with E-state index in [9.17, 15) is 29.1 Å². The number of rotatable bonds is 15. The molecule has 0 aliphatic heterocycles. The molecule has 1 aromatic heterocycles. The summed E-state index contributed by atoms with van der Waals surface area (Å²) in [5.41, 5.74) is 1.59. The maximum Gasteiger partial charge on any atom is 0.305 e. The van der Waals surface area contributed by atoms with Crippen LogP contribution < -0.4 is 16.0 Å². The van der Waals surface area contributed by atoms with Crippen molar-refractivity contribution in [3.63, 3.8) is 0 Å². The van der Waals surface area contributed by atoms with Gasteiger partial charge < -0.3 is 21.1 Å². The zero-order chi connectivity index (χ0) is 31.5. The van der Waals surface area contributed by atoms with Crippen LogP contribution in [0.5, 0.6) is 0 Å². The lowest BCUT2D eigenvalue weighted by Gasteiger charge is -2.25. The zero-order valence-corrected chi connectivity index (χ0v) is 24.7. The number of carbonyl (C=O) groups excluding carboxylic acids is 4. The summed E-state index contributed by atoms with van der Waals surface area (Å²) in [6, 6.07) is 12.6. The molecule has 0 fully saturated rings. The number of amides is 3. The lowest BCUT2D eigenvalue weighted by Crippen LogP contribution is -2.56. The van der Waals surface area contributed by atoms with Crippen molar-refractivity contribution in [2.45, 2.75) is 64.7 Å². The van der Waals surface area contributed by atoms with Gasteiger partial charge in [0.25, 0.3) is 0 Å². The minimum atomic E-state index is -1.42. The summed E-state index contributed by atoms with van der Waals surface area (Å²) in [6.07, 6.45) is -0.0170. The standard InChI is InChI=1S/C29H34ClN7O6/c1-17(2)26(33-24(39)14-9-19-7-5-4-6-8-19)29(43)31-18(3)28(42)32-22(15-25(40)41)23(38)16-37-35-27(34-36-37)20-10-12-21(30)13-11-20/h4-8,10-13,17-18,22,26H,9,14-16H2,1-3H3,(H,31,43)(H,32,42)(H,33,39)(H,40,41)/t18-,22?,26-/m0/s1. The van der Waals surface area contributed by atoms with Gasteiger partial charge in [-0.05, 0) is 54.3 Å². The number of tetrazole rings is 1. The van der Waals surface area contributed by atoms with Gasteiger partial charge in [0.1, 0.15) is 24.7 Å². The number of nitrogens with one attached hydrogen (secondary N) is 3. The SMILES string of the molecule is CC(C)[C@H](NC(=O)CCc1ccccc1)C(=O)N[C@@H](C)C(=O)NC(CC(=O)O)C(=O)Cn1nnc(-c2ccc(Cl)cc2)n1. The van der Waals surface area contributed by atoms with Crippen LogP contribution in [0.1, 0.15) is 39.2 Å². The van der Waals surface area contributed by atoms with Gasteiger partial charge in [-0.15, -0.1) is 10.2 Å². The van der Waals surface area contributed by atoms with E-state index in [1.807, 2.05) is 30.3 Å². The van der Waals surface area contributed by atoms with Gasteiger partial charge in [0.15, 0.2) is 5.78 Å². The Morgan fingerprint density at radius 2 is 1.58 bits per heavy atom. The third-order valence-electron chi connectivity index (χ3n) is 6.44. The summed E-state index contributed by atoms with van der Waals surface area (Å²) >= 11 is 5.89. The number of halogens is 1. The van der Waals surface area contributed by atoms with E-state index < -0.39 is 54.7 Å². The Morgan fingerprint density at radius 3 is 2.21 bits per heavy atom. The van der Waals surface area contributed by atoms with Crippen molar-refractivity contribution in [3.8, 4) is 11.4 Å². The highest BCUT2D eigenvalue weighted by Crippen LogP contribution is 2.17. The number of nitrogens with zero attached hydrogens (tertiary/aromatic N) is 4. The molecule has 3 rings (SSSR count). The second-order valence-electron chi connectivity index (χ2n) is 10.3. The molecule has 4 N–H and O–H groups in total. The molecule has 1 unspecified atom stereocenters. The molecular formula is C29H34ClN7O6. The van der Waals surface area contributed by atoms with Crippen LogP contribution in [0.2, 0.25) is 5.02 Å². The van der Waals surface area contributed by atoms with Crippen molar-refractivity contribution in [1.82, 2.24) is 36.2 Å². The van der Waals surface area contributed by atoms with E-state index >= 15 is 0 Å². The molecule has 0 spiro atoms. The maximum atomic E-state index is 13.0. The Hall–Kier alpha value is -4.65. The molecule has 0 aliphatic carbocycles. The van der Waals surface area contributed by atoms with Crippen LogP contribution >= 0.6 is 11.6 Å². The number of benzene rings is 2. The smallest absolute Gasteiger partial charge is 0.305 e. The van der Waals surface area contributed by atoms with E-state index in [1.54, 1.807) is 38.1 Å². The van der Waals surface area contributed by atoms with Gasteiger partial charge in [0, 0.05) is 17.0 Å². The van der Waals surface area contributed by atoms with Crippen molar-refractivity contribution in [3.05, 3.63) is 65.2 Å². The highest BCUT2D eigenvalue weighted by Gasteiger charge is 2.30. The summed E-state index contributed by atoms with van der Waals surface area (Å²) in [4.78, 5) is 63.8. The molecule has 228 valence electrons. The van der Waals surface area contributed by atoms with E-state index in [0.717, 1.165) is 10.4 Å². The van der Waals surface area contributed by atoms with E-state index in [1.165, 1.54) is 6.92 Å². The number of carboxylic acids is 1. The number of carboxylic acid groups (broad SMARTS) is 1. The molecule has 1 heterocycles. The Kier molecular flexibility index (Phi) is 11.9. The largest absolute Gasteiger partial charge is 0.481 e. The number of ketones is 1. The van der Waals surface area contributed by atoms with Crippen molar-refractivity contribution < 1.29 is 29.1 Å². The number of aromatic nitrogens is 4. The zero-order valence-electron chi connectivity index (χ0n) is 24.0. The molecule has 0 radical (unpaired) electrons. The molecular weight excluding hydrogens is 578 g/mol. The monoisotopic (exact) mass is 611 g/mol. The van der Waals surface area contributed by atoms with Crippen LogP contribution in [0.4, 0.5) is 0 Å². The van der Waals surface area contributed by atoms with Crippen LogP contribution in [0, 0.1) is 5.92 Å². The summed E-state index contributed by atoms with van der Waals surface area (Å²) in [5.74, 6) is -3.74. The number of aryl methyl sites for hydroxylation is 1. The van der Waals surface area contributed by atoms with Gasteiger partial charge in [-0.1, -0.05) is 55.8 Å². The number of hydrogen-bond acceptors (Lipinski definition) is 8. The van der Waals surface area contributed by atoms with Crippen molar-refractivity contribution in [1.29, 1.82) is 0 Å². The first-order valence-corrected chi connectivity index (χ1v) is 14.0. The van der Waals surface area contributed by atoms with Crippen LogP contribution in [-0.2, 0) is 36.9 Å². The Bertz CT molecular complexity index is 1430. The number of Topliss-reactive ketones (excluding diaryl/α,β-unsaturated/α-hetero) is 1. The average molecular weight is 612 g/mol. The Morgan fingerprint density at radius 1 is 0.907 bits per heavy atom. The van der Waals surface area contributed by atoms with Gasteiger partial charge in [-0.2, -0.15) is 4.80 Å². The highest BCUT2D eigenvalue weighted by molar-refractivity contribution is 6.30. The van der Waals surface area contributed by atoms with Gasteiger partial charge in [0.05, 0.1) is 6.42 Å². The first-order chi connectivity index (χ1) is 20.4. The third-order valence-corrected chi connectivity index (χ3v) is 6.69. The van der Waals surface area contributed by atoms with Crippen molar-refractivity contribution in [2.24, 2.45) is 5.92 Å². The van der Waals surface area contributed by atoms with Gasteiger partial charge in [-0.3, -0.25) is 24.0 Å². The van der Waals surface area contributed by atoms with Gasteiger partial charge >= 0.3 is 5.97 Å². The second-order valence-corrected chi connectivity index (χ2v) is 10.7. The number of carbonyl (C=O) groups is 5.